The lowest BCUT2D eigenvalue weighted by Crippen LogP contribution is -2.60. The van der Waals surface area contributed by atoms with Crippen LogP contribution in [0.2, 0.25) is 0 Å². The van der Waals surface area contributed by atoms with E-state index < -0.39 is 10.0 Å². The van der Waals surface area contributed by atoms with Crippen molar-refractivity contribution in [3.8, 4) is 0 Å². The number of benzene rings is 1. The molecule has 172 valence electrons. The summed E-state index contributed by atoms with van der Waals surface area (Å²) in [5, 5.41) is 3.41. The number of carbonyl (C=O) groups is 1. The highest BCUT2D eigenvalue weighted by molar-refractivity contribution is 7.89. The molecule has 1 amide bonds. The average molecular weight is 449 g/mol. The van der Waals surface area contributed by atoms with E-state index >= 15 is 0 Å². The van der Waals surface area contributed by atoms with Gasteiger partial charge in [-0.2, -0.15) is 0 Å². The maximum Gasteiger partial charge on any atom is 0.240 e. The molecule has 2 saturated carbocycles. The molecule has 1 spiro atoms. The summed E-state index contributed by atoms with van der Waals surface area (Å²) >= 11 is 0. The zero-order chi connectivity index (χ0) is 22.4. The minimum absolute atomic E-state index is 0.0202. The van der Waals surface area contributed by atoms with Gasteiger partial charge in [0.25, 0.3) is 0 Å². The standard InChI is InChI=1S/C24H36N2O4S/c1-16(2)21(27)26-22-23(3,4)17-14-19-20(30-13-11-24(19,22)15-17)10-12-25-31(28,29)18-8-6-5-7-9-18/h5-9,16-17,19-20,22,25H,10-15H2,1-4H3,(H,26,27)/t17-,19-,20-,22-,24?/m1/s1. The topological polar surface area (TPSA) is 84.5 Å². The van der Waals surface area contributed by atoms with E-state index in [0.29, 0.717) is 31.4 Å². The van der Waals surface area contributed by atoms with Crippen LogP contribution in [0.1, 0.15) is 53.4 Å². The molecular formula is C24H36N2O4S. The lowest BCUT2D eigenvalue weighted by Gasteiger charge is -2.53. The fourth-order valence-corrected chi connectivity index (χ4v) is 7.59. The molecule has 1 aromatic rings. The lowest BCUT2D eigenvalue weighted by atomic mass is 9.59. The van der Waals surface area contributed by atoms with Crippen molar-refractivity contribution in [3.63, 3.8) is 0 Å². The fourth-order valence-electron chi connectivity index (χ4n) is 6.52. The maximum atomic E-state index is 12.6. The van der Waals surface area contributed by atoms with E-state index in [-0.39, 0.29) is 39.7 Å². The highest BCUT2D eigenvalue weighted by atomic mass is 32.2. The molecule has 4 rings (SSSR count). The zero-order valence-electron chi connectivity index (χ0n) is 19.1. The number of fused-ring (bicyclic) bond motifs is 1. The van der Waals surface area contributed by atoms with Crippen molar-refractivity contribution in [2.45, 2.75) is 70.4 Å². The first-order chi connectivity index (χ1) is 14.6. The molecule has 2 N–H and O–H groups in total. The third-order valence-corrected chi connectivity index (χ3v) is 9.69. The van der Waals surface area contributed by atoms with Crippen LogP contribution in [-0.2, 0) is 19.6 Å². The Labute approximate surface area is 186 Å². The molecule has 3 aliphatic rings. The van der Waals surface area contributed by atoms with Crippen molar-refractivity contribution in [2.75, 3.05) is 13.2 Å². The SMILES string of the molecule is CC(C)C(=O)N[C@@H]1C(C)(C)[C@@H]2C[C@@H]3[C@@H](CCNS(=O)(=O)c4ccccc4)OCCC31C2. The first-order valence-electron chi connectivity index (χ1n) is 11.5. The summed E-state index contributed by atoms with van der Waals surface area (Å²) in [7, 11) is -3.51. The minimum Gasteiger partial charge on any atom is -0.378 e. The largest absolute Gasteiger partial charge is 0.378 e. The molecule has 2 bridgehead atoms. The minimum atomic E-state index is -3.51. The third kappa shape index (κ3) is 3.93. The van der Waals surface area contributed by atoms with Gasteiger partial charge in [-0.05, 0) is 60.5 Å². The van der Waals surface area contributed by atoms with Gasteiger partial charge < -0.3 is 10.1 Å². The maximum absolute atomic E-state index is 12.6. The Morgan fingerprint density at radius 1 is 1.23 bits per heavy atom. The van der Waals surface area contributed by atoms with Crippen molar-refractivity contribution >= 4 is 15.9 Å². The molecule has 1 saturated heterocycles. The van der Waals surface area contributed by atoms with E-state index in [9.17, 15) is 13.2 Å². The van der Waals surface area contributed by atoms with Crippen LogP contribution >= 0.6 is 0 Å². The van der Waals surface area contributed by atoms with E-state index in [1.165, 1.54) is 0 Å². The number of amides is 1. The van der Waals surface area contributed by atoms with E-state index in [0.717, 1.165) is 19.3 Å². The van der Waals surface area contributed by atoms with Crippen molar-refractivity contribution in [1.82, 2.24) is 10.0 Å². The third-order valence-electron chi connectivity index (χ3n) is 8.21. The Bertz CT molecular complexity index is 915. The molecule has 5 atom stereocenters. The quantitative estimate of drug-likeness (QED) is 0.670. The molecule has 1 unspecified atom stereocenters. The second kappa shape index (κ2) is 8.16. The number of sulfonamides is 1. The summed E-state index contributed by atoms with van der Waals surface area (Å²) in [4.78, 5) is 12.9. The van der Waals surface area contributed by atoms with E-state index in [4.69, 9.17) is 4.74 Å². The zero-order valence-corrected chi connectivity index (χ0v) is 19.9. The molecule has 1 aromatic carbocycles. The summed E-state index contributed by atoms with van der Waals surface area (Å²) in [6, 6.07) is 8.62. The molecule has 0 radical (unpaired) electrons. The predicted molar refractivity (Wildman–Crippen MR) is 120 cm³/mol. The molecular weight excluding hydrogens is 412 g/mol. The van der Waals surface area contributed by atoms with E-state index in [1.807, 2.05) is 13.8 Å². The smallest absolute Gasteiger partial charge is 0.240 e. The highest BCUT2D eigenvalue weighted by Gasteiger charge is 2.68. The van der Waals surface area contributed by atoms with Crippen LogP contribution in [0.15, 0.2) is 35.2 Å². The predicted octanol–water partition coefficient (Wildman–Crippen LogP) is 3.34. The first-order valence-corrected chi connectivity index (χ1v) is 13.0. The van der Waals surface area contributed by atoms with Gasteiger partial charge in [0.1, 0.15) is 0 Å². The van der Waals surface area contributed by atoms with Crippen LogP contribution in [0.4, 0.5) is 0 Å². The number of carbonyl (C=O) groups excluding carboxylic acids is 1. The number of ether oxygens (including phenoxy) is 1. The molecule has 1 heterocycles. The Kier molecular flexibility index (Phi) is 5.99. The van der Waals surface area contributed by atoms with Gasteiger partial charge in [-0.1, -0.05) is 45.9 Å². The van der Waals surface area contributed by atoms with Gasteiger partial charge in [-0.15, -0.1) is 0 Å². The second-order valence-corrected chi connectivity index (χ2v) is 12.3. The van der Waals surface area contributed by atoms with E-state index in [2.05, 4.69) is 23.9 Å². The number of hydrogen-bond donors (Lipinski definition) is 2. The van der Waals surface area contributed by atoms with Gasteiger partial charge >= 0.3 is 0 Å². The average Bonchev–Trinajstić information content (AvgIpc) is 3.21. The van der Waals surface area contributed by atoms with Crippen molar-refractivity contribution in [1.29, 1.82) is 0 Å². The van der Waals surface area contributed by atoms with Crippen molar-refractivity contribution in [2.24, 2.45) is 28.6 Å². The van der Waals surface area contributed by atoms with Crippen molar-refractivity contribution in [3.05, 3.63) is 30.3 Å². The van der Waals surface area contributed by atoms with Crippen LogP contribution in [0.5, 0.6) is 0 Å². The van der Waals surface area contributed by atoms with Gasteiger partial charge in [-0.3, -0.25) is 4.79 Å². The number of hydrogen-bond acceptors (Lipinski definition) is 4. The normalized spacial score (nSPS) is 34.0. The molecule has 3 fully saturated rings. The van der Waals surface area contributed by atoms with Crippen LogP contribution < -0.4 is 10.0 Å². The second-order valence-electron chi connectivity index (χ2n) is 10.6. The lowest BCUT2D eigenvalue weighted by molar-refractivity contribution is -0.138. The Morgan fingerprint density at radius 2 is 1.94 bits per heavy atom. The van der Waals surface area contributed by atoms with Crippen molar-refractivity contribution < 1.29 is 17.9 Å². The van der Waals surface area contributed by atoms with Gasteiger partial charge in [0.2, 0.25) is 15.9 Å². The monoisotopic (exact) mass is 448 g/mol. The van der Waals surface area contributed by atoms with Crippen LogP contribution in [-0.4, -0.2) is 39.6 Å². The Balaban J connectivity index is 1.46. The molecule has 0 aromatic heterocycles. The number of nitrogens with one attached hydrogen (secondary N) is 2. The first kappa shape index (κ1) is 22.7. The molecule has 7 heteroatoms. The summed E-state index contributed by atoms with van der Waals surface area (Å²) in [5.41, 5.74) is 0.123. The van der Waals surface area contributed by atoms with Gasteiger partial charge in [0.05, 0.1) is 11.0 Å². The Hall–Kier alpha value is -1.44. The van der Waals surface area contributed by atoms with Gasteiger partial charge in [0.15, 0.2) is 0 Å². The molecule has 2 aliphatic carbocycles. The Morgan fingerprint density at radius 3 is 2.61 bits per heavy atom. The molecule has 6 nitrogen and oxygen atoms in total. The van der Waals surface area contributed by atoms with Crippen LogP contribution in [0, 0.1) is 28.6 Å². The number of rotatable bonds is 7. The summed E-state index contributed by atoms with van der Waals surface area (Å²) in [6.07, 6.45) is 3.86. The summed E-state index contributed by atoms with van der Waals surface area (Å²) in [6.45, 7) is 9.50. The van der Waals surface area contributed by atoms with E-state index in [1.54, 1.807) is 30.3 Å². The van der Waals surface area contributed by atoms with Gasteiger partial charge in [-0.25, -0.2) is 13.1 Å². The van der Waals surface area contributed by atoms with Crippen LogP contribution in [0.3, 0.4) is 0 Å². The molecule has 31 heavy (non-hydrogen) atoms. The molecule has 1 aliphatic heterocycles. The fraction of sp³-hybridized carbons (Fsp3) is 0.708. The van der Waals surface area contributed by atoms with Crippen LogP contribution in [0.25, 0.3) is 0 Å². The summed E-state index contributed by atoms with van der Waals surface area (Å²) in [5.74, 6) is 1.00. The highest BCUT2D eigenvalue weighted by Crippen LogP contribution is 2.68. The summed E-state index contributed by atoms with van der Waals surface area (Å²) < 4.78 is 34.0. The van der Waals surface area contributed by atoms with Gasteiger partial charge in [0, 0.05) is 25.1 Å².